The van der Waals surface area contributed by atoms with Crippen LogP contribution in [0.2, 0.25) is 0 Å². The molecule has 0 amide bonds. The second kappa shape index (κ2) is 6.05. The van der Waals surface area contributed by atoms with E-state index in [-0.39, 0.29) is 0 Å². The van der Waals surface area contributed by atoms with Gasteiger partial charge in [-0.3, -0.25) is 4.68 Å². The molecule has 0 saturated carbocycles. The molecule has 0 atom stereocenters. The minimum atomic E-state index is 0.677. The third-order valence-electron chi connectivity index (χ3n) is 2.59. The SMILES string of the molecule is CCCOc1cccnc1NCc1ccnn1C. The number of nitrogens with zero attached hydrogens (tertiary/aromatic N) is 3. The summed E-state index contributed by atoms with van der Waals surface area (Å²) in [6.45, 7) is 3.46. The van der Waals surface area contributed by atoms with Crippen molar-refractivity contribution in [2.24, 2.45) is 7.05 Å². The zero-order chi connectivity index (χ0) is 12.8. The van der Waals surface area contributed by atoms with Crippen molar-refractivity contribution in [2.75, 3.05) is 11.9 Å². The Morgan fingerprint density at radius 2 is 2.22 bits per heavy atom. The molecule has 2 rings (SSSR count). The molecule has 0 fully saturated rings. The molecule has 5 heteroatoms. The number of rotatable bonds is 6. The first-order chi connectivity index (χ1) is 8.81. The van der Waals surface area contributed by atoms with Gasteiger partial charge in [0.2, 0.25) is 0 Å². The summed E-state index contributed by atoms with van der Waals surface area (Å²) in [7, 11) is 1.92. The molecule has 18 heavy (non-hydrogen) atoms. The van der Waals surface area contributed by atoms with Crippen molar-refractivity contribution < 1.29 is 4.74 Å². The quantitative estimate of drug-likeness (QED) is 0.849. The lowest BCUT2D eigenvalue weighted by atomic mass is 10.4. The number of pyridine rings is 1. The summed E-state index contributed by atoms with van der Waals surface area (Å²) in [6, 6.07) is 5.77. The van der Waals surface area contributed by atoms with E-state index in [1.54, 1.807) is 12.4 Å². The summed E-state index contributed by atoms with van der Waals surface area (Å²) < 4.78 is 7.47. The maximum absolute atomic E-state index is 5.64. The van der Waals surface area contributed by atoms with E-state index in [1.807, 2.05) is 29.9 Å². The average Bonchev–Trinajstić information content (AvgIpc) is 2.80. The first-order valence-electron chi connectivity index (χ1n) is 6.10. The molecule has 0 unspecified atom stereocenters. The summed E-state index contributed by atoms with van der Waals surface area (Å²) in [4.78, 5) is 4.29. The Morgan fingerprint density at radius 1 is 1.33 bits per heavy atom. The Hall–Kier alpha value is -2.04. The van der Waals surface area contributed by atoms with E-state index in [4.69, 9.17) is 4.74 Å². The van der Waals surface area contributed by atoms with Crippen molar-refractivity contribution in [2.45, 2.75) is 19.9 Å². The van der Waals surface area contributed by atoms with Crippen molar-refractivity contribution in [3.63, 3.8) is 0 Å². The lowest BCUT2D eigenvalue weighted by Crippen LogP contribution is -2.08. The lowest BCUT2D eigenvalue weighted by molar-refractivity contribution is 0.317. The molecule has 2 aromatic rings. The van der Waals surface area contributed by atoms with Gasteiger partial charge in [-0.2, -0.15) is 5.10 Å². The number of hydrogen-bond donors (Lipinski definition) is 1. The largest absolute Gasteiger partial charge is 0.490 e. The van der Waals surface area contributed by atoms with Gasteiger partial charge in [-0.15, -0.1) is 0 Å². The van der Waals surface area contributed by atoms with Crippen LogP contribution in [0.25, 0.3) is 0 Å². The van der Waals surface area contributed by atoms with Crippen molar-refractivity contribution >= 4 is 5.82 Å². The summed E-state index contributed by atoms with van der Waals surface area (Å²) >= 11 is 0. The van der Waals surface area contributed by atoms with Crippen molar-refractivity contribution in [1.82, 2.24) is 14.8 Å². The molecule has 0 bridgehead atoms. The molecular formula is C13H18N4O. The van der Waals surface area contributed by atoms with Crippen LogP contribution in [0, 0.1) is 0 Å². The third kappa shape index (κ3) is 3.00. The molecular weight excluding hydrogens is 228 g/mol. The number of ether oxygens (including phenoxy) is 1. The lowest BCUT2D eigenvalue weighted by Gasteiger charge is -2.11. The minimum Gasteiger partial charge on any atom is -0.490 e. The smallest absolute Gasteiger partial charge is 0.169 e. The van der Waals surface area contributed by atoms with Gasteiger partial charge in [-0.05, 0) is 24.6 Å². The van der Waals surface area contributed by atoms with Crippen LogP contribution in [0.4, 0.5) is 5.82 Å². The van der Waals surface area contributed by atoms with Crippen LogP contribution in [0.3, 0.4) is 0 Å². The van der Waals surface area contributed by atoms with E-state index < -0.39 is 0 Å². The normalized spacial score (nSPS) is 10.3. The molecule has 5 nitrogen and oxygen atoms in total. The zero-order valence-corrected chi connectivity index (χ0v) is 10.8. The van der Waals surface area contributed by atoms with E-state index in [9.17, 15) is 0 Å². The van der Waals surface area contributed by atoms with E-state index >= 15 is 0 Å². The van der Waals surface area contributed by atoms with Gasteiger partial charge >= 0.3 is 0 Å². The minimum absolute atomic E-state index is 0.677. The molecule has 0 radical (unpaired) electrons. The van der Waals surface area contributed by atoms with Gasteiger partial charge < -0.3 is 10.1 Å². The maximum Gasteiger partial charge on any atom is 0.169 e. The first kappa shape index (κ1) is 12.4. The topological polar surface area (TPSA) is 52.0 Å². The van der Waals surface area contributed by atoms with Crippen LogP contribution in [0.15, 0.2) is 30.6 Å². The predicted octanol–water partition coefficient (Wildman–Crippen LogP) is 2.22. The molecule has 0 aliphatic heterocycles. The van der Waals surface area contributed by atoms with Gasteiger partial charge in [-0.1, -0.05) is 6.92 Å². The van der Waals surface area contributed by atoms with Gasteiger partial charge in [-0.25, -0.2) is 4.98 Å². The van der Waals surface area contributed by atoms with Crippen LogP contribution < -0.4 is 10.1 Å². The van der Waals surface area contributed by atoms with E-state index in [2.05, 4.69) is 22.3 Å². The van der Waals surface area contributed by atoms with Gasteiger partial charge in [0.05, 0.1) is 18.8 Å². The Balaban J connectivity index is 2.02. The summed E-state index contributed by atoms with van der Waals surface area (Å²) in [5.74, 6) is 1.56. The second-order valence-electron chi connectivity index (χ2n) is 4.00. The van der Waals surface area contributed by atoms with E-state index in [0.29, 0.717) is 13.2 Å². The van der Waals surface area contributed by atoms with Gasteiger partial charge in [0, 0.05) is 19.4 Å². The first-order valence-corrected chi connectivity index (χ1v) is 6.10. The predicted molar refractivity (Wildman–Crippen MR) is 70.6 cm³/mol. The van der Waals surface area contributed by atoms with Crippen LogP contribution in [0.5, 0.6) is 5.75 Å². The number of aryl methyl sites for hydroxylation is 1. The fraction of sp³-hybridized carbons (Fsp3) is 0.385. The van der Waals surface area contributed by atoms with Gasteiger partial charge in [0.25, 0.3) is 0 Å². The van der Waals surface area contributed by atoms with E-state index in [1.165, 1.54) is 0 Å². The monoisotopic (exact) mass is 246 g/mol. The highest BCUT2D eigenvalue weighted by atomic mass is 16.5. The standard InChI is InChI=1S/C13H18N4O/c1-3-9-18-12-5-4-7-14-13(12)15-10-11-6-8-16-17(11)2/h4-8H,3,9-10H2,1-2H3,(H,14,15). The van der Waals surface area contributed by atoms with Gasteiger partial charge in [0.15, 0.2) is 11.6 Å². The van der Waals surface area contributed by atoms with Crippen LogP contribution >= 0.6 is 0 Å². The van der Waals surface area contributed by atoms with E-state index in [0.717, 1.165) is 23.7 Å². The summed E-state index contributed by atoms with van der Waals surface area (Å²) in [5, 5.41) is 7.39. The molecule has 0 aliphatic carbocycles. The summed E-state index contributed by atoms with van der Waals surface area (Å²) in [6.07, 6.45) is 4.52. The zero-order valence-electron chi connectivity index (χ0n) is 10.8. The van der Waals surface area contributed by atoms with Gasteiger partial charge in [0.1, 0.15) is 0 Å². The fourth-order valence-electron chi connectivity index (χ4n) is 1.60. The fourth-order valence-corrected chi connectivity index (χ4v) is 1.60. The van der Waals surface area contributed by atoms with Crippen molar-refractivity contribution in [1.29, 1.82) is 0 Å². The second-order valence-corrected chi connectivity index (χ2v) is 4.00. The molecule has 96 valence electrons. The number of nitrogens with one attached hydrogen (secondary N) is 1. The average molecular weight is 246 g/mol. The Kier molecular flexibility index (Phi) is 4.17. The highest BCUT2D eigenvalue weighted by Crippen LogP contribution is 2.21. The molecule has 2 heterocycles. The number of hydrogen-bond acceptors (Lipinski definition) is 4. The molecule has 1 N–H and O–H groups in total. The Bertz CT molecular complexity index is 495. The Morgan fingerprint density at radius 3 is 2.94 bits per heavy atom. The number of aromatic nitrogens is 3. The van der Waals surface area contributed by atoms with Crippen molar-refractivity contribution in [3.05, 3.63) is 36.3 Å². The van der Waals surface area contributed by atoms with Crippen LogP contribution in [-0.4, -0.2) is 21.4 Å². The highest BCUT2D eigenvalue weighted by Gasteiger charge is 2.05. The van der Waals surface area contributed by atoms with Crippen LogP contribution in [0.1, 0.15) is 19.0 Å². The third-order valence-corrected chi connectivity index (χ3v) is 2.59. The summed E-state index contributed by atoms with van der Waals surface area (Å²) in [5.41, 5.74) is 1.10. The Labute approximate surface area is 107 Å². The molecule has 0 aromatic carbocycles. The number of anilines is 1. The molecule has 0 aliphatic rings. The van der Waals surface area contributed by atoms with Crippen LogP contribution in [-0.2, 0) is 13.6 Å². The molecule has 2 aromatic heterocycles. The molecule has 0 saturated heterocycles. The highest BCUT2D eigenvalue weighted by molar-refractivity contribution is 5.49. The van der Waals surface area contributed by atoms with Crippen molar-refractivity contribution in [3.8, 4) is 5.75 Å². The maximum atomic E-state index is 5.64. The molecule has 0 spiro atoms.